The zero-order chi connectivity index (χ0) is 19.6. The number of carbonyl (C=O) groups excluding carboxylic acids is 1. The Bertz CT molecular complexity index is 1140. The van der Waals surface area contributed by atoms with Crippen molar-refractivity contribution in [2.45, 2.75) is 0 Å². The second kappa shape index (κ2) is 7.64. The summed E-state index contributed by atoms with van der Waals surface area (Å²) in [5, 5.41) is 2.95. The summed E-state index contributed by atoms with van der Waals surface area (Å²) in [5.41, 5.74) is 3.65. The van der Waals surface area contributed by atoms with Crippen molar-refractivity contribution in [2.75, 3.05) is 31.1 Å². The average molecular weight is 402 g/mol. The molecule has 1 N–H and O–H groups in total. The zero-order valence-electron chi connectivity index (χ0n) is 15.9. The predicted octanol–water partition coefficient (Wildman–Crippen LogP) is 3.74. The van der Waals surface area contributed by atoms with Gasteiger partial charge in [-0.15, -0.1) is 11.3 Å². The minimum absolute atomic E-state index is 0.0856. The number of piperazine rings is 1. The van der Waals surface area contributed by atoms with Crippen LogP contribution in [-0.4, -0.2) is 42.0 Å². The molecular formula is C23H21N4OS+. The van der Waals surface area contributed by atoms with Crippen LogP contribution in [0.25, 0.3) is 21.5 Å². The summed E-state index contributed by atoms with van der Waals surface area (Å²) in [6.07, 6.45) is 3.87. The molecule has 1 saturated heterocycles. The van der Waals surface area contributed by atoms with E-state index in [0.717, 1.165) is 40.1 Å². The van der Waals surface area contributed by atoms with Gasteiger partial charge in [-0.1, -0.05) is 24.3 Å². The van der Waals surface area contributed by atoms with E-state index in [-0.39, 0.29) is 5.91 Å². The van der Waals surface area contributed by atoms with Gasteiger partial charge in [-0.05, 0) is 23.6 Å². The molecule has 5 nitrogen and oxygen atoms in total. The van der Waals surface area contributed by atoms with E-state index >= 15 is 0 Å². The molecule has 3 aromatic heterocycles. The summed E-state index contributed by atoms with van der Waals surface area (Å²) in [4.78, 5) is 26.7. The van der Waals surface area contributed by atoms with Gasteiger partial charge in [0, 0.05) is 49.4 Å². The molecule has 0 bridgehead atoms. The first-order chi connectivity index (χ1) is 14.3. The maximum absolute atomic E-state index is 13.5. The standard InChI is InChI=1S/C23H20N4OS/c28-23(27-13-11-26(12-14-27)17-7-9-24-10-8-17)19-16-21(22-6-3-15-29-22)25-20-5-2-1-4-18(19)20/h1-10,15-16H,11-14H2/p+1. The molecule has 29 heavy (non-hydrogen) atoms. The van der Waals surface area contributed by atoms with Gasteiger partial charge in [0.2, 0.25) is 0 Å². The molecule has 1 aliphatic heterocycles. The molecule has 6 heteroatoms. The van der Waals surface area contributed by atoms with E-state index in [1.165, 1.54) is 5.69 Å². The summed E-state index contributed by atoms with van der Waals surface area (Å²) in [6.45, 7) is 3.08. The van der Waals surface area contributed by atoms with Crippen molar-refractivity contribution in [3.63, 3.8) is 0 Å². The smallest absolute Gasteiger partial charge is 0.254 e. The number of para-hydroxylation sites is 1. The molecule has 1 aliphatic rings. The van der Waals surface area contributed by atoms with Crippen LogP contribution in [0.5, 0.6) is 0 Å². The number of hydrogen-bond donors (Lipinski definition) is 0. The van der Waals surface area contributed by atoms with Crippen LogP contribution in [0.15, 0.2) is 72.4 Å². The fourth-order valence-electron chi connectivity index (χ4n) is 3.83. The van der Waals surface area contributed by atoms with Crippen LogP contribution >= 0.6 is 11.3 Å². The number of hydrogen-bond acceptors (Lipinski definition) is 4. The lowest BCUT2D eigenvalue weighted by Gasteiger charge is -2.36. The normalized spacial score (nSPS) is 14.3. The Morgan fingerprint density at radius 1 is 0.966 bits per heavy atom. The van der Waals surface area contributed by atoms with E-state index in [0.29, 0.717) is 13.1 Å². The monoisotopic (exact) mass is 401 g/mol. The molecule has 1 aromatic carbocycles. The van der Waals surface area contributed by atoms with Gasteiger partial charge in [-0.25, -0.2) is 9.97 Å². The highest BCUT2D eigenvalue weighted by atomic mass is 32.1. The Labute approximate surface area is 173 Å². The lowest BCUT2D eigenvalue weighted by atomic mass is 10.1. The van der Waals surface area contributed by atoms with Crippen LogP contribution in [0.2, 0.25) is 0 Å². The quantitative estimate of drug-likeness (QED) is 0.525. The van der Waals surface area contributed by atoms with Crippen molar-refractivity contribution in [3.8, 4) is 10.6 Å². The highest BCUT2D eigenvalue weighted by molar-refractivity contribution is 7.13. The first-order valence-corrected chi connectivity index (χ1v) is 10.6. The summed E-state index contributed by atoms with van der Waals surface area (Å²) >= 11 is 1.64. The number of amides is 1. The molecular weight excluding hydrogens is 380 g/mol. The molecule has 4 heterocycles. The molecule has 5 rings (SSSR count). The third kappa shape index (κ3) is 3.47. The number of aromatic amines is 1. The van der Waals surface area contributed by atoms with Gasteiger partial charge in [0.25, 0.3) is 5.91 Å². The number of nitrogens with one attached hydrogen (secondary N) is 1. The van der Waals surface area contributed by atoms with Crippen LogP contribution in [0.1, 0.15) is 10.4 Å². The number of carbonyl (C=O) groups is 1. The molecule has 0 saturated carbocycles. The van der Waals surface area contributed by atoms with Crippen molar-refractivity contribution in [1.82, 2.24) is 9.88 Å². The Morgan fingerprint density at radius 2 is 1.76 bits per heavy atom. The lowest BCUT2D eigenvalue weighted by Crippen LogP contribution is -2.48. The van der Waals surface area contributed by atoms with Gasteiger partial charge in [-0.2, -0.15) is 0 Å². The second-order valence-electron chi connectivity index (χ2n) is 7.09. The van der Waals surface area contributed by atoms with Crippen molar-refractivity contribution in [3.05, 3.63) is 77.9 Å². The van der Waals surface area contributed by atoms with Gasteiger partial charge in [0.1, 0.15) is 0 Å². The summed E-state index contributed by atoms with van der Waals surface area (Å²) in [6, 6.07) is 18.1. The van der Waals surface area contributed by atoms with Gasteiger partial charge in [-0.3, -0.25) is 4.79 Å². The third-order valence-corrected chi connectivity index (χ3v) is 6.25. The van der Waals surface area contributed by atoms with Crippen molar-refractivity contribution in [2.24, 2.45) is 0 Å². The maximum atomic E-state index is 13.5. The molecule has 1 amide bonds. The van der Waals surface area contributed by atoms with E-state index in [1.54, 1.807) is 11.3 Å². The molecule has 0 unspecified atom stereocenters. The van der Waals surface area contributed by atoms with Crippen LogP contribution in [-0.2, 0) is 0 Å². The van der Waals surface area contributed by atoms with Crippen molar-refractivity contribution >= 4 is 33.8 Å². The van der Waals surface area contributed by atoms with Gasteiger partial charge in [0.15, 0.2) is 12.4 Å². The highest BCUT2D eigenvalue weighted by Gasteiger charge is 2.24. The van der Waals surface area contributed by atoms with E-state index in [4.69, 9.17) is 4.98 Å². The number of pyridine rings is 2. The number of aromatic nitrogens is 2. The van der Waals surface area contributed by atoms with E-state index in [1.807, 2.05) is 65.1 Å². The summed E-state index contributed by atoms with van der Waals surface area (Å²) in [5.74, 6) is 0.0856. The minimum Gasteiger partial charge on any atom is -0.368 e. The number of fused-ring (bicyclic) bond motifs is 1. The largest absolute Gasteiger partial charge is 0.368 e. The van der Waals surface area contributed by atoms with Crippen LogP contribution in [0, 0.1) is 0 Å². The molecule has 1 fully saturated rings. The second-order valence-corrected chi connectivity index (χ2v) is 8.03. The van der Waals surface area contributed by atoms with Crippen LogP contribution < -0.4 is 9.88 Å². The Hall–Kier alpha value is -3.25. The predicted molar refractivity (Wildman–Crippen MR) is 116 cm³/mol. The zero-order valence-corrected chi connectivity index (χ0v) is 16.7. The van der Waals surface area contributed by atoms with Gasteiger partial charge in [0.05, 0.1) is 21.7 Å². The Kier molecular flexibility index (Phi) is 4.69. The fraction of sp³-hybridized carbons (Fsp3) is 0.174. The Balaban J connectivity index is 1.44. The number of H-pyrrole nitrogens is 1. The van der Waals surface area contributed by atoms with Crippen molar-refractivity contribution < 1.29 is 9.78 Å². The maximum Gasteiger partial charge on any atom is 0.254 e. The number of rotatable bonds is 3. The molecule has 0 radical (unpaired) electrons. The lowest BCUT2D eigenvalue weighted by molar-refractivity contribution is -0.377. The van der Waals surface area contributed by atoms with Crippen LogP contribution in [0.4, 0.5) is 5.69 Å². The SMILES string of the molecule is O=C(c1cc(-c2cccs2)nc2ccccc12)N1CCN(c2cc[nH+]cc2)CC1. The summed E-state index contributed by atoms with van der Waals surface area (Å²) < 4.78 is 0. The first kappa shape index (κ1) is 17.8. The molecule has 0 spiro atoms. The molecule has 144 valence electrons. The van der Waals surface area contributed by atoms with E-state index < -0.39 is 0 Å². The molecule has 4 aromatic rings. The van der Waals surface area contributed by atoms with E-state index in [9.17, 15) is 4.79 Å². The number of benzene rings is 1. The van der Waals surface area contributed by atoms with Crippen LogP contribution in [0.3, 0.4) is 0 Å². The Morgan fingerprint density at radius 3 is 2.52 bits per heavy atom. The first-order valence-electron chi connectivity index (χ1n) is 9.73. The number of nitrogens with zero attached hydrogens (tertiary/aromatic N) is 3. The number of thiophene rings is 1. The third-order valence-electron chi connectivity index (χ3n) is 5.35. The summed E-state index contributed by atoms with van der Waals surface area (Å²) in [7, 11) is 0. The number of anilines is 1. The van der Waals surface area contributed by atoms with Gasteiger partial charge >= 0.3 is 0 Å². The average Bonchev–Trinajstić information content (AvgIpc) is 3.34. The molecule has 0 atom stereocenters. The van der Waals surface area contributed by atoms with Crippen molar-refractivity contribution in [1.29, 1.82) is 0 Å². The molecule has 0 aliphatic carbocycles. The van der Waals surface area contributed by atoms with Gasteiger partial charge < -0.3 is 9.80 Å². The topological polar surface area (TPSA) is 50.6 Å². The highest BCUT2D eigenvalue weighted by Crippen LogP contribution is 2.29. The minimum atomic E-state index is 0.0856. The fourth-order valence-corrected chi connectivity index (χ4v) is 4.52. The van der Waals surface area contributed by atoms with E-state index in [2.05, 4.69) is 22.0 Å².